The van der Waals surface area contributed by atoms with Crippen molar-refractivity contribution in [1.82, 2.24) is 0 Å². The fourth-order valence-electron chi connectivity index (χ4n) is 9.22. The van der Waals surface area contributed by atoms with Crippen molar-refractivity contribution >= 4 is 86.6 Å². The Morgan fingerprint density at radius 2 is 0.655 bits per heavy atom. The Kier molecular flexibility index (Phi) is 6.40. The normalized spacial score (nSPS) is 12.0. The summed E-state index contributed by atoms with van der Waals surface area (Å²) in [5, 5.41) is 17.1. The van der Waals surface area contributed by atoms with Crippen LogP contribution in [0.25, 0.3) is 120 Å². The van der Waals surface area contributed by atoms with Crippen LogP contribution in [0, 0.1) is 0 Å². The molecule has 0 amide bonds. The van der Waals surface area contributed by atoms with Crippen molar-refractivity contribution in [2.75, 3.05) is 0 Å². The maximum atomic E-state index is 6.47. The van der Waals surface area contributed by atoms with Crippen LogP contribution in [0.4, 0.5) is 0 Å². The van der Waals surface area contributed by atoms with Gasteiger partial charge in [0.15, 0.2) is 0 Å². The fraction of sp³-hybridized carbons (Fsp3) is 0. The molecule has 0 atom stereocenters. The number of fused-ring (bicyclic) bond motifs is 9. The number of benzene rings is 11. The van der Waals surface area contributed by atoms with E-state index in [0.717, 1.165) is 21.9 Å². The lowest BCUT2D eigenvalue weighted by atomic mass is 9.83. The highest BCUT2D eigenvalue weighted by atomic mass is 16.3. The summed E-state index contributed by atoms with van der Waals surface area (Å²) in [6.45, 7) is 0. The Hall–Kier alpha value is -7.22. The van der Waals surface area contributed by atoms with Crippen molar-refractivity contribution in [2.45, 2.75) is 0 Å². The Balaban J connectivity index is 1.05. The van der Waals surface area contributed by atoms with Crippen molar-refractivity contribution < 1.29 is 4.42 Å². The molecule has 0 radical (unpaired) electrons. The maximum Gasteiger partial charge on any atom is 0.136 e. The largest absolute Gasteiger partial charge is 0.456 e. The van der Waals surface area contributed by atoms with Crippen LogP contribution in [0.3, 0.4) is 0 Å². The molecule has 0 aliphatic rings. The number of hydrogen-bond acceptors (Lipinski definition) is 1. The first-order valence-electron chi connectivity index (χ1n) is 19.0. The van der Waals surface area contributed by atoms with Gasteiger partial charge in [-0.2, -0.15) is 0 Å². The molecule has 0 aliphatic carbocycles. The van der Waals surface area contributed by atoms with Crippen LogP contribution in [0.1, 0.15) is 0 Å². The zero-order chi connectivity index (χ0) is 36.0. The highest BCUT2D eigenvalue weighted by molar-refractivity contribution is 6.24. The van der Waals surface area contributed by atoms with Crippen LogP contribution >= 0.6 is 0 Å². The van der Waals surface area contributed by atoms with E-state index >= 15 is 0 Å². The molecule has 0 spiro atoms. The summed E-state index contributed by atoms with van der Waals surface area (Å²) in [7, 11) is 0. The van der Waals surface area contributed by atoms with Gasteiger partial charge in [-0.25, -0.2) is 0 Å². The van der Waals surface area contributed by atoms with E-state index in [1.54, 1.807) is 0 Å². The fourth-order valence-corrected chi connectivity index (χ4v) is 9.22. The molecule has 55 heavy (non-hydrogen) atoms. The summed E-state index contributed by atoms with van der Waals surface area (Å²) in [4.78, 5) is 0. The van der Waals surface area contributed by atoms with Crippen LogP contribution in [0.2, 0.25) is 0 Å². The van der Waals surface area contributed by atoms with Gasteiger partial charge in [-0.1, -0.05) is 158 Å². The summed E-state index contributed by atoms with van der Waals surface area (Å²) in [6.07, 6.45) is 0. The van der Waals surface area contributed by atoms with Gasteiger partial charge in [-0.15, -0.1) is 0 Å². The Morgan fingerprint density at radius 3 is 1.31 bits per heavy atom. The third-order valence-corrected chi connectivity index (χ3v) is 11.8. The lowest BCUT2D eigenvalue weighted by molar-refractivity contribution is 0.670. The predicted molar refractivity (Wildman–Crippen MR) is 235 cm³/mol. The van der Waals surface area contributed by atoms with Gasteiger partial charge >= 0.3 is 0 Å². The minimum atomic E-state index is 0.918. The molecule has 1 heteroatoms. The van der Waals surface area contributed by atoms with Crippen molar-refractivity contribution in [3.05, 3.63) is 194 Å². The Morgan fingerprint density at radius 1 is 0.236 bits per heavy atom. The average molecular weight is 697 g/mol. The van der Waals surface area contributed by atoms with E-state index in [4.69, 9.17) is 4.42 Å². The highest BCUT2D eigenvalue weighted by Crippen LogP contribution is 2.47. The number of furan rings is 1. The van der Waals surface area contributed by atoms with Gasteiger partial charge in [0.2, 0.25) is 0 Å². The monoisotopic (exact) mass is 696 g/mol. The molecule has 12 rings (SSSR count). The smallest absolute Gasteiger partial charge is 0.136 e. The van der Waals surface area contributed by atoms with Gasteiger partial charge in [-0.3, -0.25) is 0 Å². The summed E-state index contributed by atoms with van der Waals surface area (Å²) in [5.41, 5.74) is 9.30. The molecule has 0 fully saturated rings. The molecule has 0 saturated heterocycles. The first-order chi connectivity index (χ1) is 27.2. The van der Waals surface area contributed by atoms with Gasteiger partial charge in [0.1, 0.15) is 11.2 Å². The van der Waals surface area contributed by atoms with E-state index in [-0.39, 0.29) is 0 Å². The molecule has 1 nitrogen and oxygen atoms in total. The summed E-state index contributed by atoms with van der Waals surface area (Å²) in [5.74, 6) is 0. The van der Waals surface area contributed by atoms with Crippen molar-refractivity contribution in [3.63, 3.8) is 0 Å². The molecule has 1 aromatic heterocycles. The van der Waals surface area contributed by atoms with Crippen molar-refractivity contribution in [3.8, 4) is 33.4 Å². The molecule has 1 heterocycles. The van der Waals surface area contributed by atoms with E-state index in [1.807, 2.05) is 0 Å². The molecule has 254 valence electrons. The number of rotatable bonds is 3. The lowest BCUT2D eigenvalue weighted by Crippen LogP contribution is -1.92. The second-order valence-electron chi connectivity index (χ2n) is 14.8. The topological polar surface area (TPSA) is 13.1 Å². The van der Waals surface area contributed by atoms with Crippen LogP contribution in [0.15, 0.2) is 199 Å². The quantitative estimate of drug-likeness (QED) is 0.168. The SMILES string of the molecule is c1ccc2cc(-c3c4ccccc4c(-c4ccc(-c5ccc6cc7c(cc6c5)oc5cc6ccccc6cc57)c5ccccc45)c4ccccc34)ccc2c1. The van der Waals surface area contributed by atoms with Crippen molar-refractivity contribution in [2.24, 2.45) is 0 Å². The lowest BCUT2D eigenvalue weighted by Gasteiger charge is -2.20. The highest BCUT2D eigenvalue weighted by Gasteiger charge is 2.19. The third-order valence-electron chi connectivity index (χ3n) is 11.8. The van der Waals surface area contributed by atoms with Crippen LogP contribution in [-0.2, 0) is 0 Å². The van der Waals surface area contributed by atoms with Crippen molar-refractivity contribution in [1.29, 1.82) is 0 Å². The molecule has 0 saturated carbocycles. The Labute approximate surface area is 317 Å². The second kappa shape index (κ2) is 11.6. The standard InChI is InChI=1S/C54H32O/c1-2-12-34-27-39(24-21-33(34)11-1)53-44-17-7-9-19-46(44)54(47-20-10-8-18-45(47)53)48-26-25-41(42-15-5-6-16-43(42)48)38-23-22-37-30-50-49-29-35-13-3-4-14-36(35)31-51(49)55-52(50)32-40(37)28-38/h1-32H. The first kappa shape index (κ1) is 30.3. The Bertz CT molecular complexity index is 3490. The second-order valence-corrected chi connectivity index (χ2v) is 14.8. The van der Waals surface area contributed by atoms with E-state index in [2.05, 4.69) is 194 Å². The summed E-state index contributed by atoms with van der Waals surface area (Å²) in [6, 6.07) is 71.2. The van der Waals surface area contributed by atoms with Gasteiger partial charge in [0, 0.05) is 10.8 Å². The zero-order valence-corrected chi connectivity index (χ0v) is 29.9. The maximum absolute atomic E-state index is 6.47. The minimum absolute atomic E-state index is 0.918. The van der Waals surface area contributed by atoms with Crippen LogP contribution < -0.4 is 0 Å². The third kappa shape index (κ3) is 4.60. The molecule has 0 aliphatic heterocycles. The number of hydrogen-bond donors (Lipinski definition) is 0. The van der Waals surface area contributed by atoms with Gasteiger partial charge in [0.25, 0.3) is 0 Å². The molecule has 0 N–H and O–H groups in total. The molecular weight excluding hydrogens is 665 g/mol. The summed E-state index contributed by atoms with van der Waals surface area (Å²) < 4.78 is 6.47. The van der Waals surface area contributed by atoms with E-state index in [0.29, 0.717) is 0 Å². The molecule has 12 aromatic rings. The van der Waals surface area contributed by atoms with E-state index in [1.165, 1.54) is 98.0 Å². The molecule has 0 unspecified atom stereocenters. The zero-order valence-electron chi connectivity index (χ0n) is 29.9. The van der Waals surface area contributed by atoms with Gasteiger partial charge in [0.05, 0.1) is 0 Å². The van der Waals surface area contributed by atoms with Crippen LogP contribution in [-0.4, -0.2) is 0 Å². The van der Waals surface area contributed by atoms with E-state index < -0.39 is 0 Å². The average Bonchev–Trinajstić information content (AvgIpc) is 3.59. The molecule has 11 aromatic carbocycles. The molecule has 0 bridgehead atoms. The van der Waals surface area contributed by atoms with Gasteiger partial charge < -0.3 is 4.42 Å². The van der Waals surface area contributed by atoms with Crippen LogP contribution in [0.5, 0.6) is 0 Å². The minimum Gasteiger partial charge on any atom is -0.456 e. The predicted octanol–water partition coefficient (Wildman–Crippen LogP) is 15.5. The summed E-state index contributed by atoms with van der Waals surface area (Å²) >= 11 is 0. The first-order valence-corrected chi connectivity index (χ1v) is 19.0. The molecular formula is C54H32O. The van der Waals surface area contributed by atoms with E-state index in [9.17, 15) is 0 Å². The van der Waals surface area contributed by atoms with Gasteiger partial charge in [-0.05, 0) is 134 Å².